The molecule has 0 saturated carbocycles. The van der Waals surface area contributed by atoms with E-state index < -0.39 is 0 Å². The number of halogens is 1. The Morgan fingerprint density at radius 1 is 1.21 bits per heavy atom. The number of hydrogen-bond donors (Lipinski definition) is 0. The zero-order chi connectivity index (χ0) is 13.4. The highest BCUT2D eigenvalue weighted by Gasteiger charge is 2.12. The number of thiophene rings is 1. The molecule has 0 N–H and O–H groups in total. The van der Waals surface area contributed by atoms with Crippen molar-refractivity contribution in [2.75, 3.05) is 14.2 Å². The minimum absolute atomic E-state index is 0.480. The fourth-order valence-electron chi connectivity index (χ4n) is 1.75. The van der Waals surface area contributed by atoms with Crippen molar-refractivity contribution in [1.29, 1.82) is 0 Å². The molecule has 3 aromatic heterocycles. The smallest absolute Gasteiger partial charge is 0.240 e. The molecule has 0 aromatic carbocycles. The highest BCUT2D eigenvalue weighted by atomic mass is 79.9. The van der Waals surface area contributed by atoms with Crippen LogP contribution in [0.2, 0.25) is 0 Å². The Hall–Kier alpha value is -1.60. The third kappa shape index (κ3) is 2.19. The van der Waals surface area contributed by atoms with Crippen LogP contribution in [-0.2, 0) is 0 Å². The van der Waals surface area contributed by atoms with Crippen molar-refractivity contribution in [3.05, 3.63) is 28.2 Å². The van der Waals surface area contributed by atoms with E-state index in [0.29, 0.717) is 17.5 Å². The fraction of sp³-hybridized carbons (Fsp3) is 0.167. The van der Waals surface area contributed by atoms with E-state index in [9.17, 15) is 0 Å². The van der Waals surface area contributed by atoms with E-state index >= 15 is 0 Å². The first-order valence-electron chi connectivity index (χ1n) is 5.45. The van der Waals surface area contributed by atoms with Crippen molar-refractivity contribution in [2.24, 2.45) is 0 Å². The van der Waals surface area contributed by atoms with Crippen LogP contribution in [0.25, 0.3) is 16.3 Å². The first-order valence-corrected chi connectivity index (χ1v) is 7.06. The molecular formula is C12H10BrN3O2S. The first kappa shape index (κ1) is 12.4. The molecule has 0 spiro atoms. The number of ether oxygens (including phenoxy) is 2. The summed E-state index contributed by atoms with van der Waals surface area (Å²) in [5.74, 6) is 1.67. The average Bonchev–Trinajstić information content (AvgIpc) is 3.02. The third-order valence-electron chi connectivity index (χ3n) is 2.63. The molecule has 0 fully saturated rings. The summed E-state index contributed by atoms with van der Waals surface area (Å²) in [6.45, 7) is 0. The van der Waals surface area contributed by atoms with Gasteiger partial charge in [0.2, 0.25) is 17.5 Å². The van der Waals surface area contributed by atoms with Gasteiger partial charge in [0.25, 0.3) is 0 Å². The molecule has 0 aliphatic heterocycles. The van der Waals surface area contributed by atoms with Gasteiger partial charge in [-0.3, -0.25) is 4.40 Å². The number of imidazole rings is 1. The van der Waals surface area contributed by atoms with Gasteiger partial charge in [-0.05, 0) is 28.1 Å². The third-order valence-corrected chi connectivity index (χ3v) is 4.27. The molecule has 3 heterocycles. The number of nitrogens with zero attached hydrogens (tertiary/aromatic N) is 3. The summed E-state index contributed by atoms with van der Waals surface area (Å²) in [6, 6.07) is 5.73. The van der Waals surface area contributed by atoms with E-state index in [1.807, 2.05) is 18.3 Å². The van der Waals surface area contributed by atoms with Crippen molar-refractivity contribution in [2.45, 2.75) is 0 Å². The zero-order valence-corrected chi connectivity index (χ0v) is 12.7. The lowest BCUT2D eigenvalue weighted by atomic mass is 10.4. The van der Waals surface area contributed by atoms with E-state index in [-0.39, 0.29) is 0 Å². The van der Waals surface area contributed by atoms with Crippen LogP contribution >= 0.6 is 27.3 Å². The second-order valence-corrected chi connectivity index (χ2v) is 6.20. The predicted octanol–water partition coefficient (Wildman–Crippen LogP) is 3.24. The van der Waals surface area contributed by atoms with Crippen molar-refractivity contribution < 1.29 is 9.47 Å². The number of rotatable bonds is 3. The fourth-order valence-corrected chi connectivity index (χ4v) is 3.09. The molecule has 98 valence electrons. The normalized spacial score (nSPS) is 10.9. The lowest BCUT2D eigenvalue weighted by Crippen LogP contribution is -1.97. The van der Waals surface area contributed by atoms with Crippen LogP contribution in [0, 0.1) is 0 Å². The van der Waals surface area contributed by atoms with Gasteiger partial charge in [-0.15, -0.1) is 11.3 Å². The lowest BCUT2D eigenvalue weighted by molar-refractivity contribution is 0.369. The highest BCUT2D eigenvalue weighted by Crippen LogP contribution is 2.31. The Morgan fingerprint density at radius 2 is 2.05 bits per heavy atom. The van der Waals surface area contributed by atoms with Gasteiger partial charge in [0.15, 0.2) is 0 Å². The number of methoxy groups -OCH3 is 2. The largest absolute Gasteiger partial charge is 0.482 e. The Balaban J connectivity index is 2.19. The Bertz CT molecular complexity index is 738. The van der Waals surface area contributed by atoms with Crippen LogP contribution in [-0.4, -0.2) is 28.6 Å². The van der Waals surface area contributed by atoms with Crippen LogP contribution in [0.1, 0.15) is 0 Å². The molecule has 0 radical (unpaired) electrons. The van der Waals surface area contributed by atoms with Gasteiger partial charge in [-0.25, -0.2) is 4.98 Å². The lowest BCUT2D eigenvalue weighted by Gasteiger charge is -2.04. The molecule has 19 heavy (non-hydrogen) atoms. The minimum atomic E-state index is 0.480. The van der Waals surface area contributed by atoms with Gasteiger partial charge < -0.3 is 9.47 Å². The predicted molar refractivity (Wildman–Crippen MR) is 77.1 cm³/mol. The van der Waals surface area contributed by atoms with Crippen molar-refractivity contribution >= 4 is 33.0 Å². The van der Waals surface area contributed by atoms with Crippen LogP contribution < -0.4 is 9.47 Å². The molecule has 0 atom stereocenters. The SMILES string of the molecule is COc1cc(OC)n2cc(-c3ccc(Br)s3)nc2n1. The standard InChI is InChI=1S/C12H10BrN3O2S/c1-17-10-5-11(18-2)16-6-7(14-12(16)15-10)8-3-4-9(13)19-8/h3-6H,1-2H3. The minimum Gasteiger partial charge on any atom is -0.482 e. The van der Waals surface area contributed by atoms with E-state index in [0.717, 1.165) is 14.4 Å². The van der Waals surface area contributed by atoms with Gasteiger partial charge in [-0.1, -0.05) is 0 Å². The van der Waals surface area contributed by atoms with Gasteiger partial charge in [0.05, 0.1) is 28.9 Å². The summed E-state index contributed by atoms with van der Waals surface area (Å²) < 4.78 is 13.3. The average molecular weight is 340 g/mol. The first-order chi connectivity index (χ1) is 9.21. The molecular weight excluding hydrogens is 330 g/mol. The van der Waals surface area contributed by atoms with Gasteiger partial charge >= 0.3 is 0 Å². The maximum absolute atomic E-state index is 5.32. The van der Waals surface area contributed by atoms with Gasteiger partial charge in [0.1, 0.15) is 5.69 Å². The van der Waals surface area contributed by atoms with Gasteiger partial charge in [0, 0.05) is 6.20 Å². The molecule has 3 rings (SSSR count). The molecule has 0 aliphatic rings. The summed E-state index contributed by atoms with van der Waals surface area (Å²) in [4.78, 5) is 9.86. The molecule has 0 unspecified atom stereocenters. The van der Waals surface area contributed by atoms with E-state index in [4.69, 9.17) is 9.47 Å². The molecule has 0 saturated heterocycles. The van der Waals surface area contributed by atoms with Crippen molar-refractivity contribution in [3.63, 3.8) is 0 Å². The second kappa shape index (κ2) is 4.82. The maximum Gasteiger partial charge on any atom is 0.240 e. The summed E-state index contributed by atoms with van der Waals surface area (Å²) in [6.07, 6.45) is 1.90. The Labute approximate surface area is 122 Å². The van der Waals surface area contributed by atoms with E-state index in [1.165, 1.54) is 0 Å². The van der Waals surface area contributed by atoms with Crippen molar-refractivity contribution in [3.8, 4) is 22.3 Å². The Kier molecular flexibility index (Phi) is 3.16. The van der Waals surface area contributed by atoms with E-state index in [1.54, 1.807) is 36.0 Å². The highest BCUT2D eigenvalue weighted by molar-refractivity contribution is 9.11. The summed E-state index contributed by atoms with van der Waals surface area (Å²) in [5, 5.41) is 0. The summed E-state index contributed by atoms with van der Waals surface area (Å²) >= 11 is 5.07. The van der Waals surface area contributed by atoms with Crippen LogP contribution in [0.5, 0.6) is 11.8 Å². The quantitative estimate of drug-likeness (QED) is 0.734. The number of fused-ring (bicyclic) bond motifs is 1. The van der Waals surface area contributed by atoms with Crippen molar-refractivity contribution in [1.82, 2.24) is 14.4 Å². The zero-order valence-electron chi connectivity index (χ0n) is 10.3. The Morgan fingerprint density at radius 3 is 2.68 bits per heavy atom. The molecule has 5 nitrogen and oxygen atoms in total. The number of aromatic nitrogens is 3. The summed E-state index contributed by atoms with van der Waals surface area (Å²) in [7, 11) is 3.17. The molecule has 0 amide bonds. The molecule has 3 aromatic rings. The van der Waals surface area contributed by atoms with E-state index in [2.05, 4.69) is 25.9 Å². The maximum atomic E-state index is 5.32. The van der Waals surface area contributed by atoms with Crippen LogP contribution in [0.15, 0.2) is 28.2 Å². The second-order valence-electron chi connectivity index (χ2n) is 3.74. The van der Waals surface area contributed by atoms with Crippen LogP contribution in [0.4, 0.5) is 0 Å². The van der Waals surface area contributed by atoms with Gasteiger partial charge in [-0.2, -0.15) is 4.98 Å². The summed E-state index contributed by atoms with van der Waals surface area (Å²) in [5.41, 5.74) is 0.856. The number of hydrogen-bond acceptors (Lipinski definition) is 5. The monoisotopic (exact) mass is 339 g/mol. The van der Waals surface area contributed by atoms with Crippen LogP contribution in [0.3, 0.4) is 0 Å². The molecule has 0 aliphatic carbocycles. The molecule has 0 bridgehead atoms. The molecule has 7 heteroatoms. The topological polar surface area (TPSA) is 48.7 Å².